The summed E-state index contributed by atoms with van der Waals surface area (Å²) in [5.74, 6) is 0.795. The minimum Gasteiger partial charge on any atom is -0.492 e. The summed E-state index contributed by atoms with van der Waals surface area (Å²) < 4.78 is 5.84. The van der Waals surface area contributed by atoms with Crippen molar-refractivity contribution in [3.63, 3.8) is 0 Å². The summed E-state index contributed by atoms with van der Waals surface area (Å²) >= 11 is 0. The molecule has 0 aliphatic carbocycles. The first-order valence-electron chi connectivity index (χ1n) is 8.34. The quantitative estimate of drug-likeness (QED) is 0.767. The topological polar surface area (TPSA) is 51.1 Å². The van der Waals surface area contributed by atoms with E-state index in [0.29, 0.717) is 0 Å². The minimum atomic E-state index is 0.722. The largest absolute Gasteiger partial charge is 0.492 e. The van der Waals surface area contributed by atoms with Crippen molar-refractivity contribution in [1.82, 2.24) is 20.1 Å². The van der Waals surface area contributed by atoms with Crippen LogP contribution >= 0.6 is 0 Å². The maximum Gasteiger partial charge on any atom is 0.138 e. The third kappa shape index (κ3) is 4.26. The van der Waals surface area contributed by atoms with Crippen LogP contribution in [0.15, 0.2) is 24.5 Å². The molecule has 2 aromatic heterocycles. The van der Waals surface area contributed by atoms with E-state index in [1.165, 1.54) is 25.9 Å². The Kier molecular flexibility index (Phi) is 5.18. The Bertz CT molecular complexity index is 653. The van der Waals surface area contributed by atoms with Gasteiger partial charge in [0.25, 0.3) is 0 Å². The van der Waals surface area contributed by atoms with E-state index in [-0.39, 0.29) is 0 Å². The number of rotatable bonds is 6. The molecule has 0 unspecified atom stereocenters. The van der Waals surface area contributed by atoms with Crippen LogP contribution in [-0.4, -0.2) is 46.3 Å². The maximum absolute atomic E-state index is 5.84. The monoisotopic (exact) mass is 312 g/mol. The van der Waals surface area contributed by atoms with Crippen molar-refractivity contribution in [1.29, 1.82) is 0 Å². The second-order valence-electron chi connectivity index (χ2n) is 6.16. The molecule has 0 atom stereocenters. The molecule has 2 aromatic rings. The molecule has 0 N–H and O–H groups in total. The van der Waals surface area contributed by atoms with Gasteiger partial charge in [0.05, 0.1) is 24.2 Å². The lowest BCUT2D eigenvalue weighted by atomic mass is 10.1. The van der Waals surface area contributed by atoms with Crippen LogP contribution < -0.4 is 4.74 Å². The zero-order valence-electron chi connectivity index (χ0n) is 14.0. The molecule has 0 bridgehead atoms. The van der Waals surface area contributed by atoms with Crippen molar-refractivity contribution in [3.05, 3.63) is 35.8 Å². The van der Waals surface area contributed by atoms with Gasteiger partial charge in [-0.25, -0.2) is 0 Å². The first-order valence-corrected chi connectivity index (χ1v) is 8.34. The molecule has 5 heteroatoms. The molecule has 3 rings (SSSR count). The number of ether oxygens (including phenoxy) is 1. The zero-order chi connectivity index (χ0) is 16.1. The fraction of sp³-hybridized carbons (Fsp3) is 0.500. The second kappa shape index (κ2) is 7.51. The highest BCUT2D eigenvalue weighted by Gasteiger charge is 2.10. The summed E-state index contributed by atoms with van der Waals surface area (Å²) in [6.45, 7) is 8.32. The number of nitrogens with zero attached hydrogens (tertiary/aromatic N) is 4. The Morgan fingerprint density at radius 1 is 1.09 bits per heavy atom. The van der Waals surface area contributed by atoms with Crippen molar-refractivity contribution in [2.75, 3.05) is 26.2 Å². The average Bonchev–Trinajstić information content (AvgIpc) is 3.08. The van der Waals surface area contributed by atoms with Crippen molar-refractivity contribution in [2.24, 2.45) is 0 Å². The second-order valence-corrected chi connectivity index (χ2v) is 6.16. The van der Waals surface area contributed by atoms with Gasteiger partial charge >= 0.3 is 0 Å². The number of hydrogen-bond acceptors (Lipinski definition) is 5. The molecule has 1 fully saturated rings. The summed E-state index contributed by atoms with van der Waals surface area (Å²) in [6, 6.07) is 4.03. The van der Waals surface area contributed by atoms with Gasteiger partial charge in [-0.3, -0.25) is 4.98 Å². The normalized spacial score (nSPS) is 15.0. The lowest BCUT2D eigenvalue weighted by molar-refractivity contribution is 0.263. The summed E-state index contributed by atoms with van der Waals surface area (Å²) in [4.78, 5) is 6.77. The first-order chi connectivity index (χ1) is 11.2. The van der Waals surface area contributed by atoms with Crippen LogP contribution in [0, 0.1) is 13.8 Å². The number of pyridine rings is 1. The highest BCUT2D eigenvalue weighted by Crippen LogP contribution is 2.21. The number of aromatic nitrogens is 3. The predicted octanol–water partition coefficient (Wildman–Crippen LogP) is 3.02. The minimum absolute atomic E-state index is 0.722. The molecule has 122 valence electrons. The van der Waals surface area contributed by atoms with Crippen molar-refractivity contribution in [2.45, 2.75) is 33.1 Å². The lowest BCUT2D eigenvalue weighted by Gasteiger charge is -2.14. The van der Waals surface area contributed by atoms with Gasteiger partial charge in [-0.05, 0) is 63.9 Å². The van der Waals surface area contributed by atoms with E-state index in [9.17, 15) is 0 Å². The van der Waals surface area contributed by atoms with Crippen LogP contribution in [0.1, 0.15) is 30.5 Å². The Morgan fingerprint density at radius 3 is 2.70 bits per heavy atom. The summed E-state index contributed by atoms with van der Waals surface area (Å²) in [5.41, 5.74) is 3.86. The van der Waals surface area contributed by atoms with Crippen molar-refractivity contribution >= 4 is 0 Å². The maximum atomic E-state index is 5.84. The highest BCUT2D eigenvalue weighted by atomic mass is 16.5. The Morgan fingerprint density at radius 2 is 1.91 bits per heavy atom. The Hall–Kier alpha value is -2.01. The summed E-state index contributed by atoms with van der Waals surface area (Å²) in [6.07, 6.45) is 7.28. The van der Waals surface area contributed by atoms with E-state index in [1.54, 1.807) is 12.4 Å². The summed E-state index contributed by atoms with van der Waals surface area (Å²) in [7, 11) is 0. The van der Waals surface area contributed by atoms with Crippen LogP contribution in [-0.2, 0) is 0 Å². The molecule has 1 aliphatic rings. The lowest BCUT2D eigenvalue weighted by Crippen LogP contribution is -2.21. The van der Waals surface area contributed by atoms with Crippen LogP contribution in [0.3, 0.4) is 0 Å². The zero-order valence-corrected chi connectivity index (χ0v) is 14.0. The molecule has 1 aliphatic heterocycles. The van der Waals surface area contributed by atoms with E-state index >= 15 is 0 Å². The standard InChI is InChI=1S/C18H24N4O/c1-14-10-18(21-20-15(14)2)16-11-17(13-19-12-16)23-9-5-8-22-6-3-4-7-22/h10-13H,3-9H2,1-2H3. The van der Waals surface area contributed by atoms with Crippen LogP contribution in [0.2, 0.25) is 0 Å². The molecular weight excluding hydrogens is 288 g/mol. The van der Waals surface area contributed by atoms with Crippen molar-refractivity contribution in [3.8, 4) is 17.0 Å². The molecule has 0 spiro atoms. The van der Waals surface area contributed by atoms with Gasteiger partial charge in [-0.2, -0.15) is 10.2 Å². The number of aryl methyl sites for hydroxylation is 2. The Balaban J connectivity index is 1.57. The van der Waals surface area contributed by atoms with E-state index < -0.39 is 0 Å². The highest BCUT2D eigenvalue weighted by molar-refractivity contribution is 5.59. The van der Waals surface area contributed by atoms with Gasteiger partial charge in [0.15, 0.2) is 0 Å². The van der Waals surface area contributed by atoms with Gasteiger partial charge in [-0.15, -0.1) is 0 Å². The van der Waals surface area contributed by atoms with Gasteiger partial charge in [-0.1, -0.05) is 0 Å². The fourth-order valence-corrected chi connectivity index (χ4v) is 2.81. The van der Waals surface area contributed by atoms with E-state index in [0.717, 1.165) is 47.8 Å². The van der Waals surface area contributed by atoms with Crippen molar-refractivity contribution < 1.29 is 4.74 Å². The molecule has 23 heavy (non-hydrogen) atoms. The number of likely N-dealkylation sites (tertiary alicyclic amines) is 1. The molecule has 0 amide bonds. The van der Waals surface area contributed by atoms with E-state index in [4.69, 9.17) is 4.74 Å². The molecule has 0 radical (unpaired) electrons. The third-order valence-electron chi connectivity index (χ3n) is 4.33. The van der Waals surface area contributed by atoms with Gasteiger partial charge < -0.3 is 9.64 Å². The fourth-order valence-electron chi connectivity index (χ4n) is 2.81. The molecule has 3 heterocycles. The molecule has 0 aromatic carbocycles. The third-order valence-corrected chi connectivity index (χ3v) is 4.33. The Labute approximate surface area is 137 Å². The first kappa shape index (κ1) is 15.9. The summed E-state index contributed by atoms with van der Waals surface area (Å²) in [5, 5.41) is 8.43. The van der Waals surface area contributed by atoms with Gasteiger partial charge in [0, 0.05) is 18.3 Å². The van der Waals surface area contributed by atoms with E-state index in [1.807, 2.05) is 26.0 Å². The molecule has 0 saturated carbocycles. The number of hydrogen-bond donors (Lipinski definition) is 0. The van der Waals surface area contributed by atoms with Gasteiger partial charge in [0.1, 0.15) is 5.75 Å². The average molecular weight is 312 g/mol. The molecular formula is C18H24N4O. The van der Waals surface area contributed by atoms with E-state index in [2.05, 4.69) is 20.1 Å². The van der Waals surface area contributed by atoms with Crippen LogP contribution in [0.25, 0.3) is 11.3 Å². The van der Waals surface area contributed by atoms with Gasteiger partial charge in [0.2, 0.25) is 0 Å². The molecule has 1 saturated heterocycles. The van der Waals surface area contributed by atoms with Crippen LogP contribution in [0.5, 0.6) is 5.75 Å². The smallest absolute Gasteiger partial charge is 0.138 e. The molecule has 5 nitrogen and oxygen atoms in total. The SMILES string of the molecule is Cc1cc(-c2cncc(OCCCN3CCCC3)c2)nnc1C. The van der Waals surface area contributed by atoms with Crippen LogP contribution in [0.4, 0.5) is 0 Å². The predicted molar refractivity (Wildman–Crippen MR) is 90.5 cm³/mol.